The molecule has 0 fully saturated rings. The van der Waals surface area contributed by atoms with Crippen molar-refractivity contribution in [3.8, 4) is 5.75 Å². The summed E-state index contributed by atoms with van der Waals surface area (Å²) in [6, 6.07) is 13.1. The minimum absolute atomic E-state index is 0.0122. The molecule has 0 spiro atoms. The van der Waals surface area contributed by atoms with Crippen LogP contribution in [-0.4, -0.2) is 29.4 Å². The van der Waals surface area contributed by atoms with Gasteiger partial charge in [-0.05, 0) is 50.2 Å². The van der Waals surface area contributed by atoms with Gasteiger partial charge in [0.05, 0.1) is 11.0 Å². The molecule has 0 aromatic heterocycles. The fraction of sp³-hybridized carbons (Fsp3) is 0.263. The van der Waals surface area contributed by atoms with Gasteiger partial charge in [0.15, 0.2) is 0 Å². The Morgan fingerprint density at radius 2 is 1.56 bits per heavy atom. The van der Waals surface area contributed by atoms with Crippen LogP contribution < -0.4 is 15.4 Å². The number of amides is 2. The third-order valence-electron chi connectivity index (χ3n) is 3.52. The smallest absolute Gasteiger partial charge is 0.387 e. The maximum atomic E-state index is 12.2. The average molecular weight is 394 g/mol. The van der Waals surface area contributed by atoms with Crippen LogP contribution >= 0.6 is 11.8 Å². The molecule has 2 N–H and O–H groups in total. The number of thioether (sulfide) groups is 1. The lowest BCUT2D eigenvalue weighted by Gasteiger charge is -2.13. The minimum atomic E-state index is -2.90. The highest BCUT2D eigenvalue weighted by Gasteiger charge is 2.16. The van der Waals surface area contributed by atoms with Crippen molar-refractivity contribution in [3.63, 3.8) is 0 Å². The molecule has 0 saturated carbocycles. The second kappa shape index (κ2) is 9.91. The Balaban J connectivity index is 1.77. The van der Waals surface area contributed by atoms with Gasteiger partial charge >= 0.3 is 6.61 Å². The molecule has 0 bridgehead atoms. The first-order chi connectivity index (χ1) is 12.8. The van der Waals surface area contributed by atoms with Crippen LogP contribution in [0, 0.1) is 6.92 Å². The van der Waals surface area contributed by atoms with Crippen molar-refractivity contribution in [3.05, 3.63) is 54.1 Å². The lowest BCUT2D eigenvalue weighted by Crippen LogP contribution is -2.25. The van der Waals surface area contributed by atoms with Gasteiger partial charge in [0, 0.05) is 11.4 Å². The van der Waals surface area contributed by atoms with Crippen LogP contribution in [0.2, 0.25) is 0 Å². The summed E-state index contributed by atoms with van der Waals surface area (Å²) >= 11 is 1.20. The van der Waals surface area contributed by atoms with Crippen LogP contribution in [0.4, 0.5) is 20.2 Å². The van der Waals surface area contributed by atoms with Gasteiger partial charge in [-0.25, -0.2) is 0 Å². The molecule has 2 rings (SSSR count). The van der Waals surface area contributed by atoms with Gasteiger partial charge in [-0.15, -0.1) is 11.8 Å². The molecule has 0 unspecified atom stereocenters. The molecule has 0 saturated heterocycles. The molecule has 27 heavy (non-hydrogen) atoms. The first kappa shape index (κ1) is 20.7. The number of hydrogen-bond donors (Lipinski definition) is 2. The molecule has 0 radical (unpaired) electrons. The standard InChI is InChI=1S/C19H20F2N2O3S/c1-12-3-5-14(6-4-12)22-17(24)11-27-13(2)18(25)23-15-7-9-16(10-8-15)26-19(20)21/h3-10,13,19H,11H2,1-2H3,(H,22,24)(H,23,25)/t13-/m1/s1. The van der Waals surface area contributed by atoms with Crippen LogP contribution in [0.15, 0.2) is 48.5 Å². The Bertz CT molecular complexity index is 768. The SMILES string of the molecule is Cc1ccc(NC(=O)CS[C@H](C)C(=O)Nc2ccc(OC(F)F)cc2)cc1. The van der Waals surface area contributed by atoms with E-state index in [4.69, 9.17) is 0 Å². The van der Waals surface area contributed by atoms with Crippen LogP contribution in [0.5, 0.6) is 5.75 Å². The number of carbonyl (C=O) groups excluding carboxylic acids is 2. The highest BCUT2D eigenvalue weighted by atomic mass is 32.2. The lowest BCUT2D eigenvalue weighted by molar-refractivity contribution is -0.115. The highest BCUT2D eigenvalue weighted by molar-refractivity contribution is 8.01. The fourth-order valence-corrected chi connectivity index (χ4v) is 2.76. The molecule has 2 aromatic rings. The van der Waals surface area contributed by atoms with Crippen LogP contribution in [0.1, 0.15) is 12.5 Å². The number of hydrogen-bond acceptors (Lipinski definition) is 4. The number of ether oxygens (including phenoxy) is 1. The van der Waals surface area contributed by atoms with Crippen molar-refractivity contribution in [2.45, 2.75) is 25.7 Å². The van der Waals surface area contributed by atoms with E-state index in [2.05, 4.69) is 15.4 Å². The van der Waals surface area contributed by atoms with Crippen molar-refractivity contribution in [1.82, 2.24) is 0 Å². The highest BCUT2D eigenvalue weighted by Crippen LogP contribution is 2.19. The van der Waals surface area contributed by atoms with E-state index in [-0.39, 0.29) is 23.3 Å². The summed E-state index contributed by atoms with van der Waals surface area (Å²) in [6.07, 6.45) is 0. The van der Waals surface area contributed by atoms with Crippen LogP contribution in [-0.2, 0) is 9.59 Å². The Labute approximate surface area is 160 Å². The molecule has 0 aliphatic rings. The quantitative estimate of drug-likeness (QED) is 0.701. The summed E-state index contributed by atoms with van der Waals surface area (Å²) in [7, 11) is 0. The second-order valence-corrected chi connectivity index (χ2v) is 7.09. The number of nitrogens with one attached hydrogen (secondary N) is 2. The molecular formula is C19H20F2N2O3S. The number of alkyl halides is 2. The number of halogens is 2. The largest absolute Gasteiger partial charge is 0.435 e. The average Bonchev–Trinajstić information content (AvgIpc) is 2.62. The molecule has 8 heteroatoms. The van der Waals surface area contributed by atoms with E-state index in [1.165, 1.54) is 36.0 Å². The summed E-state index contributed by atoms with van der Waals surface area (Å²) in [6.45, 7) is 0.752. The Morgan fingerprint density at radius 3 is 2.15 bits per heavy atom. The minimum Gasteiger partial charge on any atom is -0.435 e. The van der Waals surface area contributed by atoms with Gasteiger partial charge in [0.25, 0.3) is 0 Å². The van der Waals surface area contributed by atoms with Gasteiger partial charge in [0.2, 0.25) is 11.8 Å². The molecule has 0 heterocycles. The Hall–Kier alpha value is -2.61. The number of anilines is 2. The normalized spacial score (nSPS) is 11.7. The molecule has 0 aliphatic heterocycles. The summed E-state index contributed by atoms with van der Waals surface area (Å²) in [4.78, 5) is 24.1. The van der Waals surface area contributed by atoms with E-state index in [0.29, 0.717) is 11.4 Å². The third-order valence-corrected chi connectivity index (χ3v) is 4.66. The van der Waals surface area contributed by atoms with E-state index in [1.54, 1.807) is 6.92 Å². The number of carbonyl (C=O) groups is 2. The predicted molar refractivity (Wildman–Crippen MR) is 103 cm³/mol. The molecule has 144 valence electrons. The van der Waals surface area contributed by atoms with E-state index in [0.717, 1.165) is 5.56 Å². The topological polar surface area (TPSA) is 67.4 Å². The van der Waals surface area contributed by atoms with Crippen molar-refractivity contribution in [2.24, 2.45) is 0 Å². The fourth-order valence-electron chi connectivity index (χ4n) is 2.07. The molecule has 1 atom stereocenters. The first-order valence-corrected chi connectivity index (χ1v) is 9.22. The van der Waals surface area contributed by atoms with E-state index in [9.17, 15) is 18.4 Å². The molecular weight excluding hydrogens is 374 g/mol. The predicted octanol–water partition coefficient (Wildman–Crippen LogP) is 4.30. The molecule has 5 nitrogen and oxygen atoms in total. The number of benzene rings is 2. The number of rotatable bonds is 8. The Morgan fingerprint density at radius 1 is 1.00 bits per heavy atom. The summed E-state index contributed by atoms with van der Waals surface area (Å²) in [5.74, 6) is -0.343. The first-order valence-electron chi connectivity index (χ1n) is 8.17. The van der Waals surface area contributed by atoms with Crippen molar-refractivity contribution in [2.75, 3.05) is 16.4 Å². The van der Waals surface area contributed by atoms with Crippen LogP contribution in [0.3, 0.4) is 0 Å². The van der Waals surface area contributed by atoms with Gasteiger partial charge in [-0.2, -0.15) is 8.78 Å². The zero-order chi connectivity index (χ0) is 19.8. The Kier molecular flexibility index (Phi) is 7.60. The van der Waals surface area contributed by atoms with Crippen molar-refractivity contribution < 1.29 is 23.1 Å². The van der Waals surface area contributed by atoms with Crippen molar-refractivity contribution in [1.29, 1.82) is 0 Å². The lowest BCUT2D eigenvalue weighted by atomic mass is 10.2. The van der Waals surface area contributed by atoms with E-state index in [1.807, 2.05) is 31.2 Å². The van der Waals surface area contributed by atoms with Gasteiger partial charge < -0.3 is 15.4 Å². The van der Waals surface area contributed by atoms with E-state index < -0.39 is 11.9 Å². The maximum absolute atomic E-state index is 12.2. The molecule has 2 aromatic carbocycles. The van der Waals surface area contributed by atoms with Gasteiger partial charge in [-0.1, -0.05) is 17.7 Å². The molecule has 2 amide bonds. The second-order valence-electron chi connectivity index (χ2n) is 5.76. The van der Waals surface area contributed by atoms with E-state index >= 15 is 0 Å². The van der Waals surface area contributed by atoms with Gasteiger partial charge in [0.1, 0.15) is 5.75 Å². The maximum Gasteiger partial charge on any atom is 0.387 e. The number of aryl methyl sites for hydroxylation is 1. The zero-order valence-corrected chi connectivity index (χ0v) is 15.7. The monoisotopic (exact) mass is 394 g/mol. The van der Waals surface area contributed by atoms with Crippen LogP contribution in [0.25, 0.3) is 0 Å². The summed E-state index contributed by atoms with van der Waals surface area (Å²) in [5, 5.41) is 4.97. The third kappa shape index (κ3) is 7.26. The van der Waals surface area contributed by atoms with Crippen molar-refractivity contribution >= 4 is 35.0 Å². The molecule has 0 aliphatic carbocycles. The summed E-state index contributed by atoms with van der Waals surface area (Å²) < 4.78 is 28.5. The van der Waals surface area contributed by atoms with Gasteiger partial charge in [-0.3, -0.25) is 9.59 Å². The summed E-state index contributed by atoms with van der Waals surface area (Å²) in [5.41, 5.74) is 2.26. The zero-order valence-electron chi connectivity index (χ0n) is 14.9.